The number of aromatic nitrogens is 1. The molecule has 1 heterocycles. The summed E-state index contributed by atoms with van der Waals surface area (Å²) in [5.41, 5.74) is 3.08. The van der Waals surface area contributed by atoms with Crippen LogP contribution in [-0.4, -0.2) is 17.8 Å². The van der Waals surface area contributed by atoms with Crippen LogP contribution >= 0.6 is 15.9 Å². The summed E-state index contributed by atoms with van der Waals surface area (Å²) >= 11 is 3.50. The number of rotatable bonds is 4. The molecule has 0 aliphatic heterocycles. The zero-order valence-electron chi connectivity index (χ0n) is 11.6. The number of nitrogens with one attached hydrogen (secondary N) is 1. The van der Waals surface area contributed by atoms with Crippen LogP contribution in [0.15, 0.2) is 58.1 Å². The lowest BCUT2D eigenvalue weighted by Gasteiger charge is -2.01. The first-order valence-corrected chi connectivity index (χ1v) is 7.59. The predicted molar refractivity (Wildman–Crippen MR) is 90.9 cm³/mol. The third-order valence-electron chi connectivity index (χ3n) is 3.18. The van der Waals surface area contributed by atoms with Crippen molar-refractivity contribution in [3.05, 3.63) is 58.7 Å². The molecular weight excluding hydrogens is 328 g/mol. The van der Waals surface area contributed by atoms with Crippen molar-refractivity contribution in [1.82, 2.24) is 4.98 Å². The van der Waals surface area contributed by atoms with E-state index in [0.29, 0.717) is 6.61 Å². The van der Waals surface area contributed by atoms with Gasteiger partial charge in [0, 0.05) is 33.4 Å². The van der Waals surface area contributed by atoms with Gasteiger partial charge < -0.3 is 9.72 Å². The van der Waals surface area contributed by atoms with Crippen LogP contribution in [-0.2, 0) is 0 Å². The van der Waals surface area contributed by atoms with E-state index in [-0.39, 0.29) is 0 Å². The first-order chi connectivity index (χ1) is 10.3. The quantitative estimate of drug-likeness (QED) is 0.659. The second kappa shape index (κ2) is 6.14. The summed E-state index contributed by atoms with van der Waals surface area (Å²) in [7, 11) is 0. The summed E-state index contributed by atoms with van der Waals surface area (Å²) in [4.78, 5) is 7.76. The van der Waals surface area contributed by atoms with Gasteiger partial charge in [0.2, 0.25) is 0 Å². The number of aliphatic imine (C=N–C) groups is 1. The number of ether oxygens (including phenoxy) is 1. The van der Waals surface area contributed by atoms with E-state index < -0.39 is 0 Å². The number of halogens is 1. The molecule has 3 aromatic rings. The SMILES string of the molecule is CCOc1ccc(N=Cc2c[nH]c3ccc(Br)cc23)cc1. The number of nitrogens with zero attached hydrogens (tertiary/aromatic N) is 1. The second-order valence-corrected chi connectivity index (χ2v) is 5.53. The van der Waals surface area contributed by atoms with E-state index in [1.165, 1.54) is 0 Å². The topological polar surface area (TPSA) is 37.4 Å². The Balaban J connectivity index is 1.85. The molecule has 0 bridgehead atoms. The predicted octanol–water partition coefficient (Wildman–Crippen LogP) is 5.08. The Hall–Kier alpha value is -2.07. The number of H-pyrrole nitrogens is 1. The molecule has 21 heavy (non-hydrogen) atoms. The largest absolute Gasteiger partial charge is 0.494 e. The molecule has 4 heteroatoms. The van der Waals surface area contributed by atoms with Gasteiger partial charge in [-0.1, -0.05) is 15.9 Å². The van der Waals surface area contributed by atoms with Crippen LogP contribution in [0.1, 0.15) is 12.5 Å². The van der Waals surface area contributed by atoms with E-state index in [9.17, 15) is 0 Å². The van der Waals surface area contributed by atoms with Gasteiger partial charge in [-0.15, -0.1) is 0 Å². The Morgan fingerprint density at radius 2 is 2.00 bits per heavy atom. The third-order valence-corrected chi connectivity index (χ3v) is 3.67. The average Bonchev–Trinajstić information content (AvgIpc) is 2.89. The molecule has 0 spiro atoms. The molecule has 0 aliphatic carbocycles. The second-order valence-electron chi connectivity index (χ2n) is 4.62. The molecule has 1 N–H and O–H groups in total. The molecule has 0 aliphatic rings. The maximum absolute atomic E-state index is 5.42. The smallest absolute Gasteiger partial charge is 0.119 e. The Morgan fingerprint density at radius 3 is 2.76 bits per heavy atom. The van der Waals surface area contributed by atoms with Gasteiger partial charge >= 0.3 is 0 Å². The lowest BCUT2D eigenvalue weighted by Crippen LogP contribution is -1.89. The minimum atomic E-state index is 0.673. The number of aromatic amines is 1. The molecule has 0 amide bonds. The molecule has 0 radical (unpaired) electrons. The molecule has 2 aromatic carbocycles. The lowest BCUT2D eigenvalue weighted by molar-refractivity contribution is 0.340. The molecule has 3 rings (SSSR count). The number of benzene rings is 2. The standard InChI is InChI=1S/C17H15BrN2O/c1-2-21-15-6-4-14(5-7-15)19-10-12-11-20-17-8-3-13(18)9-16(12)17/h3-11,20H,2H2,1H3. The summed E-state index contributed by atoms with van der Waals surface area (Å²) in [6.45, 7) is 2.65. The molecular formula is C17H15BrN2O. The van der Waals surface area contributed by atoms with Crippen LogP contribution in [0.3, 0.4) is 0 Å². The number of fused-ring (bicyclic) bond motifs is 1. The van der Waals surface area contributed by atoms with Crippen LogP contribution in [0.4, 0.5) is 5.69 Å². The van der Waals surface area contributed by atoms with Gasteiger partial charge in [0.15, 0.2) is 0 Å². The van der Waals surface area contributed by atoms with Crippen LogP contribution in [0.5, 0.6) is 5.75 Å². The van der Waals surface area contributed by atoms with E-state index in [2.05, 4.69) is 32.0 Å². The Bertz CT molecular complexity index is 775. The summed E-state index contributed by atoms with van der Waals surface area (Å²) in [5.74, 6) is 0.868. The normalized spacial score (nSPS) is 11.3. The fourth-order valence-corrected chi connectivity index (χ4v) is 2.52. The molecule has 106 valence electrons. The van der Waals surface area contributed by atoms with E-state index in [1.807, 2.05) is 55.7 Å². The van der Waals surface area contributed by atoms with Crippen LogP contribution in [0.2, 0.25) is 0 Å². The van der Waals surface area contributed by atoms with E-state index in [1.54, 1.807) is 0 Å². The maximum Gasteiger partial charge on any atom is 0.119 e. The van der Waals surface area contributed by atoms with E-state index in [4.69, 9.17) is 4.74 Å². The fraction of sp³-hybridized carbons (Fsp3) is 0.118. The van der Waals surface area contributed by atoms with Crippen molar-refractivity contribution in [1.29, 1.82) is 0 Å². The van der Waals surface area contributed by atoms with Crippen molar-refractivity contribution in [3.63, 3.8) is 0 Å². The Morgan fingerprint density at radius 1 is 1.19 bits per heavy atom. The molecule has 0 fully saturated rings. The Labute approximate surface area is 131 Å². The molecule has 0 atom stereocenters. The van der Waals surface area contributed by atoms with Gasteiger partial charge in [0.1, 0.15) is 5.75 Å². The zero-order valence-corrected chi connectivity index (χ0v) is 13.2. The summed E-state index contributed by atoms with van der Waals surface area (Å²) in [6, 6.07) is 13.9. The lowest BCUT2D eigenvalue weighted by atomic mass is 10.2. The summed E-state index contributed by atoms with van der Waals surface area (Å²) in [5, 5.41) is 1.15. The van der Waals surface area contributed by atoms with Gasteiger partial charge in [-0.05, 0) is 49.4 Å². The summed E-state index contributed by atoms with van der Waals surface area (Å²) in [6.07, 6.45) is 3.84. The summed E-state index contributed by atoms with van der Waals surface area (Å²) < 4.78 is 6.48. The van der Waals surface area contributed by atoms with Crippen molar-refractivity contribution >= 4 is 38.7 Å². The highest BCUT2D eigenvalue weighted by atomic mass is 79.9. The highest BCUT2D eigenvalue weighted by Gasteiger charge is 2.02. The minimum absolute atomic E-state index is 0.673. The van der Waals surface area contributed by atoms with Gasteiger partial charge in [-0.3, -0.25) is 4.99 Å². The highest BCUT2D eigenvalue weighted by molar-refractivity contribution is 9.10. The molecule has 0 saturated carbocycles. The Kier molecular flexibility index (Phi) is 4.06. The van der Waals surface area contributed by atoms with Crippen molar-refractivity contribution in [2.45, 2.75) is 6.92 Å². The van der Waals surface area contributed by atoms with Crippen molar-refractivity contribution in [2.24, 2.45) is 4.99 Å². The molecule has 0 saturated heterocycles. The first-order valence-electron chi connectivity index (χ1n) is 6.80. The highest BCUT2D eigenvalue weighted by Crippen LogP contribution is 2.23. The van der Waals surface area contributed by atoms with Crippen LogP contribution in [0.25, 0.3) is 10.9 Å². The molecule has 1 aromatic heterocycles. The molecule has 0 unspecified atom stereocenters. The average molecular weight is 343 g/mol. The minimum Gasteiger partial charge on any atom is -0.494 e. The van der Waals surface area contributed by atoms with Crippen LogP contribution < -0.4 is 4.74 Å². The van der Waals surface area contributed by atoms with Gasteiger partial charge in [0.25, 0.3) is 0 Å². The number of hydrogen-bond acceptors (Lipinski definition) is 2. The monoisotopic (exact) mass is 342 g/mol. The maximum atomic E-state index is 5.42. The zero-order chi connectivity index (χ0) is 14.7. The molecule has 3 nitrogen and oxygen atoms in total. The van der Waals surface area contributed by atoms with Gasteiger partial charge in [0.05, 0.1) is 12.3 Å². The van der Waals surface area contributed by atoms with Crippen LogP contribution in [0, 0.1) is 0 Å². The van der Waals surface area contributed by atoms with Gasteiger partial charge in [-0.2, -0.15) is 0 Å². The fourth-order valence-electron chi connectivity index (χ4n) is 2.16. The van der Waals surface area contributed by atoms with E-state index in [0.717, 1.165) is 32.4 Å². The van der Waals surface area contributed by atoms with Crippen molar-refractivity contribution < 1.29 is 4.74 Å². The van der Waals surface area contributed by atoms with Crippen molar-refractivity contribution in [3.8, 4) is 5.75 Å². The first kappa shape index (κ1) is 13.9. The van der Waals surface area contributed by atoms with Gasteiger partial charge in [-0.25, -0.2) is 0 Å². The van der Waals surface area contributed by atoms with E-state index >= 15 is 0 Å². The number of hydrogen-bond donors (Lipinski definition) is 1. The van der Waals surface area contributed by atoms with Crippen molar-refractivity contribution in [2.75, 3.05) is 6.61 Å². The third kappa shape index (κ3) is 3.16.